The van der Waals surface area contributed by atoms with E-state index in [-0.39, 0.29) is 24.0 Å². The SMILES string of the molecule is CCOC1CCN(C(=NC)NCC(C)CN2CCCC2)CC1.I. The van der Waals surface area contributed by atoms with Gasteiger partial charge in [0.2, 0.25) is 0 Å². The molecule has 0 aliphatic carbocycles. The molecule has 2 aliphatic rings. The van der Waals surface area contributed by atoms with Crippen molar-refractivity contribution in [2.75, 3.05) is 52.9 Å². The zero-order chi connectivity index (χ0) is 15.8. The summed E-state index contributed by atoms with van der Waals surface area (Å²) in [5.74, 6) is 1.72. The third-order valence-corrected chi connectivity index (χ3v) is 4.73. The number of likely N-dealkylation sites (tertiary alicyclic amines) is 2. The Morgan fingerprint density at radius 1 is 1.22 bits per heavy atom. The van der Waals surface area contributed by atoms with Gasteiger partial charge in [0.05, 0.1) is 6.10 Å². The van der Waals surface area contributed by atoms with Crippen LogP contribution in [0, 0.1) is 5.92 Å². The van der Waals surface area contributed by atoms with E-state index in [2.05, 4.69) is 34.0 Å². The summed E-state index contributed by atoms with van der Waals surface area (Å²) in [4.78, 5) is 9.42. The van der Waals surface area contributed by atoms with E-state index in [1.807, 2.05) is 7.05 Å². The Kier molecular flexibility index (Phi) is 10.5. The first-order valence-electron chi connectivity index (χ1n) is 9.02. The number of piperidine rings is 1. The van der Waals surface area contributed by atoms with E-state index in [9.17, 15) is 0 Å². The molecule has 0 spiro atoms. The van der Waals surface area contributed by atoms with Crippen LogP contribution in [-0.4, -0.2) is 74.8 Å². The third kappa shape index (κ3) is 7.13. The normalized spacial score (nSPS) is 22.0. The number of nitrogens with one attached hydrogen (secondary N) is 1. The monoisotopic (exact) mass is 438 g/mol. The molecule has 5 nitrogen and oxygen atoms in total. The molecule has 2 rings (SSSR count). The van der Waals surface area contributed by atoms with Crippen molar-refractivity contribution in [1.82, 2.24) is 15.1 Å². The second kappa shape index (κ2) is 11.5. The Labute approximate surface area is 159 Å². The number of aliphatic imine (C=N–C) groups is 1. The van der Waals surface area contributed by atoms with Crippen molar-refractivity contribution in [3.8, 4) is 0 Å². The van der Waals surface area contributed by atoms with Crippen molar-refractivity contribution in [2.45, 2.75) is 45.6 Å². The fraction of sp³-hybridized carbons (Fsp3) is 0.941. The van der Waals surface area contributed by atoms with Crippen LogP contribution < -0.4 is 5.32 Å². The van der Waals surface area contributed by atoms with Gasteiger partial charge in [0, 0.05) is 39.8 Å². The van der Waals surface area contributed by atoms with Crippen molar-refractivity contribution in [2.24, 2.45) is 10.9 Å². The maximum atomic E-state index is 5.72. The van der Waals surface area contributed by atoms with Gasteiger partial charge in [0.1, 0.15) is 0 Å². The minimum atomic E-state index is 0. The topological polar surface area (TPSA) is 40.1 Å². The highest BCUT2D eigenvalue weighted by Gasteiger charge is 2.22. The molecular weight excluding hydrogens is 403 g/mol. The van der Waals surface area contributed by atoms with Gasteiger partial charge in [-0.25, -0.2) is 0 Å². The number of guanidine groups is 1. The first kappa shape index (κ1) is 21.0. The fourth-order valence-corrected chi connectivity index (χ4v) is 3.54. The summed E-state index contributed by atoms with van der Waals surface area (Å²) in [6.07, 6.45) is 5.40. The lowest BCUT2D eigenvalue weighted by Gasteiger charge is -2.34. The Morgan fingerprint density at radius 3 is 2.43 bits per heavy atom. The molecule has 0 aromatic heterocycles. The summed E-state index contributed by atoms with van der Waals surface area (Å²) < 4.78 is 5.72. The smallest absolute Gasteiger partial charge is 0.193 e. The van der Waals surface area contributed by atoms with Crippen LogP contribution in [0.5, 0.6) is 0 Å². The summed E-state index contributed by atoms with van der Waals surface area (Å²) in [6.45, 7) is 12.1. The first-order valence-corrected chi connectivity index (χ1v) is 9.02. The van der Waals surface area contributed by atoms with Gasteiger partial charge in [-0.2, -0.15) is 0 Å². The van der Waals surface area contributed by atoms with E-state index in [0.29, 0.717) is 12.0 Å². The molecule has 2 fully saturated rings. The molecule has 0 saturated carbocycles. The van der Waals surface area contributed by atoms with Crippen molar-refractivity contribution in [3.63, 3.8) is 0 Å². The fourth-order valence-electron chi connectivity index (χ4n) is 3.54. The molecule has 2 saturated heterocycles. The molecule has 0 aromatic carbocycles. The standard InChI is InChI=1S/C17H34N4O.HI/c1-4-22-16-7-11-21(12-8-16)17(18-3)19-13-15(2)14-20-9-5-6-10-20;/h15-16H,4-14H2,1-3H3,(H,18,19);1H. The second-order valence-electron chi connectivity index (χ2n) is 6.68. The number of nitrogens with zero attached hydrogens (tertiary/aromatic N) is 3. The average Bonchev–Trinajstić information content (AvgIpc) is 3.02. The molecule has 2 heterocycles. The minimum Gasteiger partial charge on any atom is -0.378 e. The van der Waals surface area contributed by atoms with Gasteiger partial charge in [-0.15, -0.1) is 24.0 Å². The van der Waals surface area contributed by atoms with Crippen LogP contribution in [0.25, 0.3) is 0 Å². The van der Waals surface area contributed by atoms with Gasteiger partial charge in [-0.1, -0.05) is 6.92 Å². The Bertz CT molecular complexity index is 339. The Balaban J connectivity index is 0.00000264. The quantitative estimate of drug-likeness (QED) is 0.393. The van der Waals surface area contributed by atoms with Gasteiger partial charge in [0.15, 0.2) is 5.96 Å². The average molecular weight is 438 g/mol. The first-order chi connectivity index (χ1) is 10.7. The molecule has 23 heavy (non-hydrogen) atoms. The van der Waals surface area contributed by atoms with Crippen LogP contribution >= 0.6 is 24.0 Å². The molecule has 0 amide bonds. The van der Waals surface area contributed by atoms with E-state index >= 15 is 0 Å². The van der Waals surface area contributed by atoms with Crippen molar-refractivity contribution in [1.29, 1.82) is 0 Å². The van der Waals surface area contributed by atoms with Crippen LogP contribution in [0.3, 0.4) is 0 Å². The van der Waals surface area contributed by atoms with E-state index in [1.54, 1.807) is 0 Å². The summed E-state index contributed by atoms with van der Waals surface area (Å²) in [6, 6.07) is 0. The van der Waals surface area contributed by atoms with Crippen LogP contribution in [0.1, 0.15) is 39.5 Å². The zero-order valence-electron chi connectivity index (χ0n) is 15.1. The summed E-state index contributed by atoms with van der Waals surface area (Å²) >= 11 is 0. The van der Waals surface area contributed by atoms with E-state index in [4.69, 9.17) is 4.74 Å². The largest absolute Gasteiger partial charge is 0.378 e. The summed E-state index contributed by atoms with van der Waals surface area (Å²) in [5.41, 5.74) is 0. The molecule has 0 aromatic rings. The number of rotatable bonds is 6. The predicted molar refractivity (Wildman–Crippen MR) is 108 cm³/mol. The van der Waals surface area contributed by atoms with Gasteiger partial charge in [0.25, 0.3) is 0 Å². The maximum Gasteiger partial charge on any atom is 0.193 e. The summed E-state index contributed by atoms with van der Waals surface area (Å²) in [7, 11) is 1.89. The van der Waals surface area contributed by atoms with E-state index in [0.717, 1.165) is 45.0 Å². The number of hydrogen-bond acceptors (Lipinski definition) is 3. The lowest BCUT2D eigenvalue weighted by Crippen LogP contribution is -2.48. The summed E-state index contributed by atoms with van der Waals surface area (Å²) in [5, 5.41) is 3.57. The highest BCUT2D eigenvalue weighted by Crippen LogP contribution is 2.14. The molecule has 0 radical (unpaired) electrons. The minimum absolute atomic E-state index is 0. The van der Waals surface area contributed by atoms with Crippen LogP contribution in [0.4, 0.5) is 0 Å². The van der Waals surface area contributed by atoms with Gasteiger partial charge < -0.3 is 19.9 Å². The van der Waals surface area contributed by atoms with Crippen molar-refractivity contribution >= 4 is 29.9 Å². The van der Waals surface area contributed by atoms with Crippen molar-refractivity contribution < 1.29 is 4.74 Å². The van der Waals surface area contributed by atoms with Crippen LogP contribution in [0.2, 0.25) is 0 Å². The molecular formula is C17H35IN4O. The molecule has 1 N–H and O–H groups in total. The van der Waals surface area contributed by atoms with E-state index < -0.39 is 0 Å². The molecule has 1 atom stereocenters. The van der Waals surface area contributed by atoms with Crippen LogP contribution in [0.15, 0.2) is 4.99 Å². The van der Waals surface area contributed by atoms with Gasteiger partial charge in [-0.05, 0) is 51.6 Å². The Hall–Kier alpha value is -0.0800. The van der Waals surface area contributed by atoms with Gasteiger partial charge >= 0.3 is 0 Å². The lowest BCUT2D eigenvalue weighted by molar-refractivity contribution is 0.0263. The van der Waals surface area contributed by atoms with E-state index in [1.165, 1.54) is 32.5 Å². The highest BCUT2D eigenvalue weighted by molar-refractivity contribution is 14.0. The zero-order valence-corrected chi connectivity index (χ0v) is 17.4. The van der Waals surface area contributed by atoms with Gasteiger partial charge in [-0.3, -0.25) is 4.99 Å². The molecule has 1 unspecified atom stereocenters. The lowest BCUT2D eigenvalue weighted by atomic mass is 10.1. The maximum absolute atomic E-state index is 5.72. The molecule has 6 heteroatoms. The number of halogens is 1. The molecule has 136 valence electrons. The van der Waals surface area contributed by atoms with Crippen LogP contribution in [-0.2, 0) is 4.74 Å². The second-order valence-corrected chi connectivity index (χ2v) is 6.68. The Morgan fingerprint density at radius 2 is 1.87 bits per heavy atom. The molecule has 0 bridgehead atoms. The molecule has 2 aliphatic heterocycles. The predicted octanol–water partition coefficient (Wildman–Crippen LogP) is 2.41. The highest BCUT2D eigenvalue weighted by atomic mass is 127. The number of ether oxygens (including phenoxy) is 1. The number of hydrogen-bond donors (Lipinski definition) is 1. The van der Waals surface area contributed by atoms with Crippen molar-refractivity contribution in [3.05, 3.63) is 0 Å². The third-order valence-electron chi connectivity index (χ3n) is 4.73.